The summed E-state index contributed by atoms with van der Waals surface area (Å²) >= 11 is 0. The molecular weight excluding hydrogens is 343 g/mol. The smallest absolute Gasteiger partial charge is 0.358 e. The van der Waals surface area contributed by atoms with Crippen molar-refractivity contribution < 1.29 is 22.0 Å². The second-order valence-electron chi connectivity index (χ2n) is 6.36. The number of H-pyrrole nitrogens is 1. The lowest BCUT2D eigenvalue weighted by Gasteiger charge is -2.41. The number of hydrogen-bond donors (Lipinski definition) is 2. The number of aromatic nitrogens is 2. The Morgan fingerprint density at radius 1 is 1.20 bits per heavy atom. The number of anilines is 1. The van der Waals surface area contributed by atoms with Crippen LogP contribution in [0.3, 0.4) is 0 Å². The summed E-state index contributed by atoms with van der Waals surface area (Å²) in [5.74, 6) is -2.96. The molecule has 0 radical (unpaired) electrons. The first-order valence-corrected chi connectivity index (χ1v) is 7.86. The Morgan fingerprint density at radius 2 is 1.96 bits per heavy atom. The number of nitrogens with one attached hydrogen (secondary N) is 2. The van der Waals surface area contributed by atoms with Gasteiger partial charge < -0.3 is 15.2 Å². The first-order chi connectivity index (χ1) is 11.7. The number of aromatic amines is 1. The SMILES string of the molecule is FC1(F)CN(c2c(C(F)(F)F)cnc3[nH]c(C4=CCNCC4)cc23)C1. The molecule has 2 aliphatic rings. The highest BCUT2D eigenvalue weighted by Crippen LogP contribution is 2.44. The van der Waals surface area contributed by atoms with Crippen LogP contribution in [0.1, 0.15) is 17.7 Å². The molecule has 0 bridgehead atoms. The average Bonchev–Trinajstić information content (AvgIpc) is 2.95. The third-order valence-electron chi connectivity index (χ3n) is 4.51. The van der Waals surface area contributed by atoms with Gasteiger partial charge >= 0.3 is 6.18 Å². The maximum Gasteiger partial charge on any atom is 0.419 e. The number of halogens is 5. The van der Waals surface area contributed by atoms with Crippen LogP contribution in [-0.2, 0) is 6.18 Å². The second-order valence-corrected chi connectivity index (χ2v) is 6.36. The molecule has 0 spiro atoms. The molecule has 4 heterocycles. The lowest BCUT2D eigenvalue weighted by Crippen LogP contribution is -2.56. The Morgan fingerprint density at radius 3 is 2.56 bits per heavy atom. The summed E-state index contributed by atoms with van der Waals surface area (Å²) < 4.78 is 66.6. The number of alkyl halides is 5. The lowest BCUT2D eigenvalue weighted by atomic mass is 10.0. The predicted molar refractivity (Wildman–Crippen MR) is 83.7 cm³/mol. The summed E-state index contributed by atoms with van der Waals surface area (Å²) in [6.45, 7) is 0.00934. The van der Waals surface area contributed by atoms with E-state index < -0.39 is 30.8 Å². The zero-order chi connectivity index (χ0) is 17.8. The molecule has 0 amide bonds. The summed E-state index contributed by atoms with van der Waals surface area (Å²) in [5, 5.41) is 3.38. The third kappa shape index (κ3) is 2.86. The summed E-state index contributed by atoms with van der Waals surface area (Å²) in [6.07, 6.45) is -1.26. The van der Waals surface area contributed by atoms with E-state index in [1.54, 1.807) is 6.07 Å². The molecule has 1 saturated heterocycles. The number of hydrogen-bond acceptors (Lipinski definition) is 3. The van der Waals surface area contributed by atoms with E-state index >= 15 is 0 Å². The van der Waals surface area contributed by atoms with Crippen LogP contribution in [-0.4, -0.2) is 42.1 Å². The molecule has 25 heavy (non-hydrogen) atoms. The largest absolute Gasteiger partial charge is 0.419 e. The van der Waals surface area contributed by atoms with Crippen LogP contribution in [0.4, 0.5) is 27.6 Å². The molecule has 0 aliphatic carbocycles. The minimum Gasteiger partial charge on any atom is -0.358 e. The van der Waals surface area contributed by atoms with Gasteiger partial charge in [0.05, 0.1) is 24.3 Å². The second kappa shape index (κ2) is 5.42. The van der Waals surface area contributed by atoms with Crippen LogP contribution in [0.5, 0.6) is 0 Å². The molecule has 2 aliphatic heterocycles. The molecular formula is C16H15F5N4. The highest BCUT2D eigenvalue weighted by Gasteiger charge is 2.47. The summed E-state index contributed by atoms with van der Waals surface area (Å²) in [7, 11) is 0. The van der Waals surface area contributed by atoms with Crippen molar-refractivity contribution in [2.45, 2.75) is 18.5 Å². The van der Waals surface area contributed by atoms with Gasteiger partial charge in [-0.1, -0.05) is 6.08 Å². The molecule has 0 saturated carbocycles. The van der Waals surface area contributed by atoms with Crippen LogP contribution < -0.4 is 10.2 Å². The predicted octanol–water partition coefficient (Wildman–Crippen LogP) is 3.41. The summed E-state index contributed by atoms with van der Waals surface area (Å²) in [4.78, 5) is 7.96. The Labute approximate surface area is 139 Å². The van der Waals surface area contributed by atoms with Gasteiger partial charge in [-0.05, 0) is 24.6 Å². The first kappa shape index (κ1) is 16.3. The molecule has 9 heteroatoms. The van der Waals surface area contributed by atoms with E-state index in [9.17, 15) is 22.0 Å². The molecule has 1 fully saturated rings. The van der Waals surface area contributed by atoms with Gasteiger partial charge in [-0.3, -0.25) is 0 Å². The van der Waals surface area contributed by atoms with Crippen molar-refractivity contribution in [1.29, 1.82) is 0 Å². The molecule has 2 aromatic rings. The minimum atomic E-state index is -4.66. The first-order valence-electron chi connectivity index (χ1n) is 7.86. The average molecular weight is 358 g/mol. The Balaban J connectivity index is 1.85. The summed E-state index contributed by atoms with van der Waals surface area (Å²) in [6, 6.07) is 1.58. The normalized spacial score (nSPS) is 20.5. The standard InChI is InChI=1S/C16H15F5N4/c17-15(18)7-25(8-15)13-10-5-12(9-1-3-22-4-2-9)24-14(10)23-6-11(13)16(19,20)21/h1,5-6,22H,2-4,7-8H2,(H,23,24). The maximum absolute atomic E-state index is 13.4. The monoisotopic (exact) mass is 358 g/mol. The molecule has 2 N–H and O–H groups in total. The van der Waals surface area contributed by atoms with Crippen molar-refractivity contribution in [2.75, 3.05) is 31.1 Å². The number of rotatable bonds is 2. The Bertz CT molecular complexity index is 844. The van der Waals surface area contributed by atoms with E-state index in [0.717, 1.165) is 23.4 Å². The fourth-order valence-electron chi connectivity index (χ4n) is 3.32. The van der Waals surface area contributed by atoms with Gasteiger partial charge in [-0.2, -0.15) is 13.2 Å². The zero-order valence-corrected chi connectivity index (χ0v) is 13.1. The van der Waals surface area contributed by atoms with Crippen LogP contribution in [0, 0.1) is 0 Å². The molecule has 134 valence electrons. The van der Waals surface area contributed by atoms with Crippen molar-refractivity contribution in [1.82, 2.24) is 15.3 Å². The lowest BCUT2D eigenvalue weighted by molar-refractivity contribution is -0.137. The van der Waals surface area contributed by atoms with Crippen molar-refractivity contribution in [3.8, 4) is 0 Å². The van der Waals surface area contributed by atoms with Gasteiger partial charge in [-0.25, -0.2) is 13.8 Å². The van der Waals surface area contributed by atoms with Gasteiger partial charge in [0.1, 0.15) is 5.65 Å². The molecule has 0 aromatic carbocycles. The van der Waals surface area contributed by atoms with E-state index in [2.05, 4.69) is 15.3 Å². The van der Waals surface area contributed by atoms with E-state index in [4.69, 9.17) is 0 Å². The highest BCUT2D eigenvalue weighted by atomic mass is 19.4. The van der Waals surface area contributed by atoms with Crippen molar-refractivity contribution >= 4 is 22.3 Å². The number of pyridine rings is 1. The van der Waals surface area contributed by atoms with Gasteiger partial charge in [0.15, 0.2) is 0 Å². The topological polar surface area (TPSA) is 44.0 Å². The van der Waals surface area contributed by atoms with Gasteiger partial charge in [0.2, 0.25) is 0 Å². The molecule has 4 nitrogen and oxygen atoms in total. The van der Waals surface area contributed by atoms with Crippen LogP contribution in [0.2, 0.25) is 0 Å². The van der Waals surface area contributed by atoms with Crippen LogP contribution >= 0.6 is 0 Å². The third-order valence-corrected chi connectivity index (χ3v) is 4.51. The fraction of sp³-hybridized carbons (Fsp3) is 0.438. The van der Waals surface area contributed by atoms with Crippen LogP contribution in [0.15, 0.2) is 18.3 Å². The maximum atomic E-state index is 13.4. The van der Waals surface area contributed by atoms with E-state index in [-0.39, 0.29) is 16.7 Å². The molecule has 0 unspecified atom stereocenters. The van der Waals surface area contributed by atoms with Crippen molar-refractivity contribution in [3.63, 3.8) is 0 Å². The van der Waals surface area contributed by atoms with Gasteiger partial charge in [0, 0.05) is 23.8 Å². The Kier molecular flexibility index (Phi) is 3.54. The number of fused-ring (bicyclic) bond motifs is 1. The van der Waals surface area contributed by atoms with Gasteiger partial charge in [-0.15, -0.1) is 0 Å². The number of nitrogens with zero attached hydrogens (tertiary/aromatic N) is 2. The van der Waals surface area contributed by atoms with Gasteiger partial charge in [0.25, 0.3) is 5.92 Å². The minimum absolute atomic E-state index is 0.222. The van der Waals surface area contributed by atoms with E-state index in [0.29, 0.717) is 18.4 Å². The van der Waals surface area contributed by atoms with Crippen molar-refractivity contribution in [2.24, 2.45) is 0 Å². The van der Waals surface area contributed by atoms with Crippen molar-refractivity contribution in [3.05, 3.63) is 29.6 Å². The summed E-state index contributed by atoms with van der Waals surface area (Å²) in [5.41, 5.74) is 0.718. The zero-order valence-electron chi connectivity index (χ0n) is 13.1. The highest BCUT2D eigenvalue weighted by molar-refractivity contribution is 5.95. The Hall–Kier alpha value is -2.16. The molecule has 2 aromatic heterocycles. The molecule has 0 atom stereocenters. The molecule has 4 rings (SSSR count). The van der Waals surface area contributed by atoms with Crippen LogP contribution in [0.25, 0.3) is 16.6 Å². The van der Waals surface area contributed by atoms with E-state index in [1.165, 1.54) is 0 Å². The quantitative estimate of drug-likeness (QED) is 0.809. The van der Waals surface area contributed by atoms with E-state index in [1.807, 2.05) is 6.08 Å². The fourth-order valence-corrected chi connectivity index (χ4v) is 3.32.